The lowest BCUT2D eigenvalue weighted by Gasteiger charge is -2.12. The molecule has 0 radical (unpaired) electrons. The molecule has 4 aromatic rings. The monoisotopic (exact) mass is 431 g/mol. The largest absolute Gasteiger partial charge is 0.488 e. The van der Waals surface area contributed by atoms with Crippen LogP contribution in [0.3, 0.4) is 0 Å². The molecular formula is C25H22BrNO. The fraction of sp³-hybridized carbons (Fsp3) is 0.120. The highest BCUT2D eigenvalue weighted by Gasteiger charge is 2.06. The highest BCUT2D eigenvalue weighted by atomic mass is 79.9. The Morgan fingerprint density at radius 3 is 2.46 bits per heavy atom. The molecule has 0 aromatic heterocycles. The van der Waals surface area contributed by atoms with Gasteiger partial charge in [-0.3, -0.25) is 0 Å². The Morgan fingerprint density at radius 2 is 1.64 bits per heavy atom. The van der Waals surface area contributed by atoms with E-state index in [4.69, 9.17) is 4.74 Å². The highest BCUT2D eigenvalue weighted by molar-refractivity contribution is 9.10. The molecule has 0 heterocycles. The maximum atomic E-state index is 6.09. The maximum Gasteiger partial charge on any atom is 0.134 e. The van der Waals surface area contributed by atoms with Gasteiger partial charge in [0, 0.05) is 12.2 Å². The molecule has 0 bridgehead atoms. The van der Waals surface area contributed by atoms with Crippen molar-refractivity contribution in [2.75, 3.05) is 5.32 Å². The average Bonchev–Trinajstić information content (AvgIpc) is 2.73. The first-order valence-electron chi connectivity index (χ1n) is 9.37. The molecule has 0 saturated carbocycles. The SMILES string of the molecule is Cc1ccc(NCc2ccc(OCc3cccc4ccccc34)c(Br)c2)cc1. The molecule has 0 aliphatic carbocycles. The van der Waals surface area contributed by atoms with Crippen molar-refractivity contribution < 1.29 is 4.74 Å². The highest BCUT2D eigenvalue weighted by Crippen LogP contribution is 2.28. The van der Waals surface area contributed by atoms with E-state index in [1.165, 1.54) is 27.5 Å². The second-order valence-electron chi connectivity index (χ2n) is 6.91. The van der Waals surface area contributed by atoms with Crippen molar-refractivity contribution in [1.82, 2.24) is 0 Å². The van der Waals surface area contributed by atoms with Crippen LogP contribution in [-0.4, -0.2) is 0 Å². The zero-order chi connectivity index (χ0) is 19.3. The minimum atomic E-state index is 0.543. The Labute approximate surface area is 174 Å². The van der Waals surface area contributed by atoms with Gasteiger partial charge in [0.15, 0.2) is 0 Å². The van der Waals surface area contributed by atoms with Crippen LogP contribution in [0.4, 0.5) is 5.69 Å². The zero-order valence-corrected chi connectivity index (χ0v) is 17.4. The lowest BCUT2D eigenvalue weighted by Crippen LogP contribution is -2.01. The van der Waals surface area contributed by atoms with Gasteiger partial charge in [0.25, 0.3) is 0 Å². The van der Waals surface area contributed by atoms with Gasteiger partial charge in [-0.2, -0.15) is 0 Å². The van der Waals surface area contributed by atoms with E-state index < -0.39 is 0 Å². The van der Waals surface area contributed by atoms with Gasteiger partial charge in [0.1, 0.15) is 12.4 Å². The third-order valence-corrected chi connectivity index (χ3v) is 5.43. The lowest BCUT2D eigenvalue weighted by molar-refractivity contribution is 0.305. The third kappa shape index (κ3) is 4.37. The number of benzene rings is 4. The first-order chi connectivity index (χ1) is 13.7. The molecule has 0 saturated heterocycles. The van der Waals surface area contributed by atoms with Crippen LogP contribution in [-0.2, 0) is 13.2 Å². The lowest BCUT2D eigenvalue weighted by atomic mass is 10.1. The van der Waals surface area contributed by atoms with E-state index >= 15 is 0 Å². The molecule has 2 nitrogen and oxygen atoms in total. The van der Waals surface area contributed by atoms with Crippen LogP contribution in [0.5, 0.6) is 5.75 Å². The average molecular weight is 432 g/mol. The number of hydrogen-bond acceptors (Lipinski definition) is 2. The molecule has 3 heteroatoms. The molecule has 0 amide bonds. The molecule has 0 spiro atoms. The van der Waals surface area contributed by atoms with Gasteiger partial charge in [-0.05, 0) is 69.0 Å². The second kappa shape index (κ2) is 8.49. The molecule has 0 aliphatic rings. The molecule has 4 rings (SSSR count). The Balaban J connectivity index is 1.42. The number of fused-ring (bicyclic) bond motifs is 1. The quantitative estimate of drug-likeness (QED) is 0.351. The number of hydrogen-bond donors (Lipinski definition) is 1. The van der Waals surface area contributed by atoms with E-state index in [0.29, 0.717) is 6.61 Å². The molecule has 0 fully saturated rings. The summed E-state index contributed by atoms with van der Waals surface area (Å²) in [7, 11) is 0. The fourth-order valence-electron chi connectivity index (χ4n) is 3.22. The number of halogens is 1. The van der Waals surface area contributed by atoms with E-state index in [1.54, 1.807) is 0 Å². The van der Waals surface area contributed by atoms with Crippen molar-refractivity contribution >= 4 is 32.4 Å². The topological polar surface area (TPSA) is 21.3 Å². The summed E-state index contributed by atoms with van der Waals surface area (Å²) in [5, 5.41) is 5.92. The van der Waals surface area contributed by atoms with Crippen molar-refractivity contribution in [3.63, 3.8) is 0 Å². The molecule has 0 unspecified atom stereocenters. The van der Waals surface area contributed by atoms with Crippen LogP contribution in [0.15, 0.2) is 89.4 Å². The number of nitrogens with one attached hydrogen (secondary N) is 1. The first-order valence-corrected chi connectivity index (χ1v) is 10.2. The Kier molecular flexibility index (Phi) is 5.63. The van der Waals surface area contributed by atoms with E-state index in [0.717, 1.165) is 22.5 Å². The molecule has 0 aliphatic heterocycles. The molecule has 140 valence electrons. The van der Waals surface area contributed by atoms with Gasteiger partial charge in [-0.25, -0.2) is 0 Å². The van der Waals surface area contributed by atoms with Gasteiger partial charge in [-0.1, -0.05) is 66.2 Å². The molecule has 0 atom stereocenters. The minimum Gasteiger partial charge on any atom is -0.488 e. The normalized spacial score (nSPS) is 10.8. The van der Waals surface area contributed by atoms with Crippen LogP contribution >= 0.6 is 15.9 Å². The standard InChI is InChI=1S/C25H22BrNO/c1-18-9-12-22(13-10-18)27-16-19-11-14-25(24(26)15-19)28-17-21-7-4-6-20-5-2-3-8-23(20)21/h2-15,27H,16-17H2,1H3. The first kappa shape index (κ1) is 18.6. The summed E-state index contributed by atoms with van der Waals surface area (Å²) in [6, 6.07) is 29.4. The molecular weight excluding hydrogens is 410 g/mol. The summed E-state index contributed by atoms with van der Waals surface area (Å²) in [5.74, 6) is 0.854. The summed E-state index contributed by atoms with van der Waals surface area (Å²) in [6.07, 6.45) is 0. The smallest absolute Gasteiger partial charge is 0.134 e. The summed E-state index contributed by atoms with van der Waals surface area (Å²) >= 11 is 3.65. The minimum absolute atomic E-state index is 0.543. The molecule has 1 N–H and O–H groups in total. The third-order valence-electron chi connectivity index (χ3n) is 4.81. The Bertz CT molecular complexity index is 1080. The molecule has 28 heavy (non-hydrogen) atoms. The predicted molar refractivity (Wildman–Crippen MR) is 121 cm³/mol. The van der Waals surface area contributed by atoms with Gasteiger partial charge < -0.3 is 10.1 Å². The van der Waals surface area contributed by atoms with Gasteiger partial charge in [0.2, 0.25) is 0 Å². The summed E-state index contributed by atoms with van der Waals surface area (Å²) in [5.41, 5.74) is 4.78. The number of anilines is 1. The number of ether oxygens (including phenoxy) is 1. The van der Waals surface area contributed by atoms with Crippen LogP contribution < -0.4 is 10.1 Å². The van der Waals surface area contributed by atoms with E-state index in [-0.39, 0.29) is 0 Å². The van der Waals surface area contributed by atoms with Crippen LogP contribution in [0, 0.1) is 6.92 Å². The second-order valence-corrected chi connectivity index (χ2v) is 7.77. The van der Waals surface area contributed by atoms with Crippen molar-refractivity contribution in [3.05, 3.63) is 106 Å². The van der Waals surface area contributed by atoms with Crippen LogP contribution in [0.1, 0.15) is 16.7 Å². The van der Waals surface area contributed by atoms with Crippen molar-refractivity contribution in [2.45, 2.75) is 20.1 Å². The summed E-state index contributed by atoms with van der Waals surface area (Å²) < 4.78 is 7.06. The van der Waals surface area contributed by atoms with Crippen molar-refractivity contribution in [1.29, 1.82) is 0 Å². The van der Waals surface area contributed by atoms with E-state index in [1.807, 2.05) is 6.07 Å². The number of aryl methyl sites for hydroxylation is 1. The van der Waals surface area contributed by atoms with Crippen LogP contribution in [0.2, 0.25) is 0 Å². The Morgan fingerprint density at radius 1 is 0.857 bits per heavy atom. The van der Waals surface area contributed by atoms with Crippen LogP contribution in [0.25, 0.3) is 10.8 Å². The van der Waals surface area contributed by atoms with Crippen molar-refractivity contribution in [3.8, 4) is 5.75 Å². The number of rotatable bonds is 6. The maximum absolute atomic E-state index is 6.09. The molecule has 4 aromatic carbocycles. The zero-order valence-electron chi connectivity index (χ0n) is 15.8. The fourth-order valence-corrected chi connectivity index (χ4v) is 3.76. The van der Waals surface area contributed by atoms with Crippen molar-refractivity contribution in [2.24, 2.45) is 0 Å². The van der Waals surface area contributed by atoms with Gasteiger partial charge in [-0.15, -0.1) is 0 Å². The summed E-state index contributed by atoms with van der Waals surface area (Å²) in [6.45, 7) is 3.41. The van der Waals surface area contributed by atoms with Gasteiger partial charge >= 0.3 is 0 Å². The summed E-state index contributed by atoms with van der Waals surface area (Å²) in [4.78, 5) is 0. The van der Waals surface area contributed by atoms with Gasteiger partial charge in [0.05, 0.1) is 4.47 Å². The Hall–Kier alpha value is -2.78. The predicted octanol–water partition coefficient (Wildman–Crippen LogP) is 7.10. The van der Waals surface area contributed by atoms with E-state index in [9.17, 15) is 0 Å². The van der Waals surface area contributed by atoms with E-state index in [2.05, 4.69) is 107 Å².